The van der Waals surface area contributed by atoms with Gasteiger partial charge in [0.25, 0.3) is 11.8 Å². The molecule has 0 spiro atoms. The van der Waals surface area contributed by atoms with Crippen LogP contribution in [0.5, 0.6) is 23.0 Å². The zero-order chi connectivity index (χ0) is 39.7. The lowest BCUT2D eigenvalue weighted by Gasteiger charge is -2.31. The number of aromatic nitrogens is 2. The number of hydrogen-bond donors (Lipinski definition) is 5. The molecule has 55 heavy (non-hydrogen) atoms. The van der Waals surface area contributed by atoms with E-state index in [2.05, 4.69) is 32.8 Å². The molecule has 15 heteroatoms. The first kappa shape index (κ1) is 40.3. The number of pyridine rings is 2. The average molecular weight is 755 g/mol. The normalized spacial score (nSPS) is 19.1. The number of nitrogens with one attached hydrogen (secondary N) is 3. The first-order valence-corrected chi connectivity index (χ1v) is 18.5. The molecule has 7 N–H and O–H groups in total. The number of methoxy groups -OCH3 is 2. The van der Waals surface area contributed by atoms with Crippen LogP contribution in [0.1, 0.15) is 80.0 Å². The summed E-state index contributed by atoms with van der Waals surface area (Å²) in [6.45, 7) is 8.12. The third kappa shape index (κ3) is 8.76. The zero-order valence-corrected chi connectivity index (χ0v) is 32.0. The van der Waals surface area contributed by atoms with Crippen molar-refractivity contribution in [3.63, 3.8) is 0 Å². The second-order valence-corrected chi connectivity index (χ2v) is 13.6. The average Bonchev–Trinajstić information content (AvgIpc) is 3.66. The van der Waals surface area contributed by atoms with Crippen molar-refractivity contribution in [1.29, 1.82) is 5.26 Å². The summed E-state index contributed by atoms with van der Waals surface area (Å²) in [6.07, 6.45) is 7.87. The Kier molecular flexibility index (Phi) is 13.2. The van der Waals surface area contributed by atoms with E-state index in [0.717, 1.165) is 23.0 Å². The van der Waals surface area contributed by atoms with Gasteiger partial charge in [0.2, 0.25) is 0 Å². The lowest BCUT2D eigenvalue weighted by molar-refractivity contribution is -0.121. The lowest BCUT2D eigenvalue weighted by Crippen LogP contribution is -2.48. The van der Waals surface area contributed by atoms with Crippen LogP contribution in [-0.4, -0.2) is 79.7 Å². The van der Waals surface area contributed by atoms with E-state index in [1.54, 1.807) is 18.3 Å². The van der Waals surface area contributed by atoms with Crippen molar-refractivity contribution in [2.45, 2.75) is 70.9 Å². The Labute approximate surface area is 320 Å². The highest BCUT2D eigenvalue weighted by Crippen LogP contribution is 2.39. The molecule has 2 amide bonds. The minimum Gasteiger partial charge on any atom is -0.493 e. The van der Waals surface area contributed by atoms with Crippen LogP contribution in [0.25, 0.3) is 21.8 Å². The van der Waals surface area contributed by atoms with Crippen molar-refractivity contribution >= 4 is 50.8 Å². The number of Topliss-reactive ketones (excluding diaryl/α,β-unsaturated/α-hetero) is 1. The predicted molar refractivity (Wildman–Crippen MR) is 210 cm³/mol. The molecule has 2 aromatic carbocycles. The van der Waals surface area contributed by atoms with Gasteiger partial charge in [0, 0.05) is 47.9 Å². The maximum atomic E-state index is 12.7. The van der Waals surface area contributed by atoms with Gasteiger partial charge in [-0.1, -0.05) is 19.8 Å². The SMILES string of the molecule is CCOc1cc2ncc(C(N)=O)c(NC3CCCCC3C)c2cc1OCC.COc1cc2ncc(C(N)=O)c(N[C@@]3(C(=O)CC#N)CCNC3)c2cc1OC. The van der Waals surface area contributed by atoms with Crippen LogP contribution in [0.3, 0.4) is 0 Å². The lowest BCUT2D eigenvalue weighted by atomic mass is 9.85. The van der Waals surface area contributed by atoms with E-state index < -0.39 is 17.4 Å². The van der Waals surface area contributed by atoms with Crippen molar-refractivity contribution in [3.05, 3.63) is 47.8 Å². The smallest absolute Gasteiger partial charge is 0.252 e. The minimum atomic E-state index is -1.01. The van der Waals surface area contributed by atoms with Crippen molar-refractivity contribution in [3.8, 4) is 29.1 Å². The van der Waals surface area contributed by atoms with Crippen molar-refractivity contribution in [2.24, 2.45) is 17.4 Å². The molecule has 2 aliphatic rings. The number of amides is 2. The zero-order valence-electron chi connectivity index (χ0n) is 32.0. The number of fused-ring (bicyclic) bond motifs is 2. The summed E-state index contributed by atoms with van der Waals surface area (Å²) in [6, 6.07) is 9.34. The first-order valence-electron chi connectivity index (χ1n) is 18.5. The highest BCUT2D eigenvalue weighted by Gasteiger charge is 2.41. The molecule has 2 aromatic heterocycles. The molecular weight excluding hydrogens is 704 g/mol. The minimum absolute atomic E-state index is 0.149. The number of nitriles is 1. The standard InChI is InChI=1S/C21H29N3O3.C19H21N5O4/c1-4-26-18-10-14-17(11-19(18)27-5-2)23-12-15(21(22)25)20(14)24-16-9-7-6-8-13(16)3;1-27-14-7-11-13(8-15(14)28-2)23-9-12(18(21)26)17(11)24-19(4-6-22-10-19)16(25)3-5-20/h10-13,16H,4-9H2,1-3H3,(H2,22,25)(H,23,24);7-9,22H,3-4,6,10H2,1-2H3,(H2,21,26)(H,23,24)/t;19-/m.0/s1. The van der Waals surface area contributed by atoms with Gasteiger partial charge < -0.3 is 46.4 Å². The van der Waals surface area contributed by atoms with E-state index in [1.165, 1.54) is 39.7 Å². The Bertz CT molecular complexity index is 2090. The fourth-order valence-corrected chi connectivity index (χ4v) is 7.22. The van der Waals surface area contributed by atoms with Crippen LogP contribution < -0.4 is 46.4 Å². The Morgan fingerprint density at radius 3 is 1.96 bits per heavy atom. The second-order valence-electron chi connectivity index (χ2n) is 13.6. The Morgan fingerprint density at radius 2 is 1.42 bits per heavy atom. The number of benzene rings is 2. The maximum Gasteiger partial charge on any atom is 0.252 e. The summed E-state index contributed by atoms with van der Waals surface area (Å²) in [4.78, 5) is 45.6. The number of carbonyl (C=O) groups excluding carboxylic acids is 3. The molecule has 0 radical (unpaired) electrons. The van der Waals surface area contributed by atoms with Crippen molar-refractivity contribution in [2.75, 3.05) is 51.2 Å². The summed E-state index contributed by atoms with van der Waals surface area (Å²) in [7, 11) is 3.02. The summed E-state index contributed by atoms with van der Waals surface area (Å²) < 4.78 is 22.1. The summed E-state index contributed by atoms with van der Waals surface area (Å²) in [5.41, 5.74) is 13.2. The van der Waals surface area contributed by atoms with Crippen LogP contribution in [0, 0.1) is 17.2 Å². The molecule has 1 aliphatic carbocycles. The third-order valence-corrected chi connectivity index (χ3v) is 10.2. The van der Waals surface area contributed by atoms with Crippen LogP contribution in [-0.2, 0) is 4.79 Å². The molecule has 1 aliphatic heterocycles. The quantitative estimate of drug-likeness (QED) is 0.113. The number of anilines is 2. The molecule has 4 aromatic rings. The van der Waals surface area contributed by atoms with Crippen LogP contribution in [0.2, 0.25) is 0 Å². The van der Waals surface area contributed by atoms with Crippen molar-refractivity contribution in [1.82, 2.24) is 15.3 Å². The molecule has 1 saturated heterocycles. The van der Waals surface area contributed by atoms with Gasteiger partial charge in [-0.3, -0.25) is 24.4 Å². The van der Waals surface area contributed by atoms with Crippen LogP contribution >= 0.6 is 0 Å². The second kappa shape index (κ2) is 18.0. The van der Waals surface area contributed by atoms with Gasteiger partial charge in [0.1, 0.15) is 5.54 Å². The van der Waals surface area contributed by atoms with Gasteiger partial charge in [-0.2, -0.15) is 5.26 Å². The maximum absolute atomic E-state index is 12.7. The highest BCUT2D eigenvalue weighted by molar-refractivity contribution is 6.09. The molecule has 0 bridgehead atoms. The molecule has 292 valence electrons. The predicted octanol–water partition coefficient (Wildman–Crippen LogP) is 5.10. The highest BCUT2D eigenvalue weighted by atomic mass is 16.5. The first-order chi connectivity index (χ1) is 26.5. The summed E-state index contributed by atoms with van der Waals surface area (Å²) in [5, 5.41) is 20.3. The van der Waals surface area contributed by atoms with E-state index in [-0.39, 0.29) is 17.8 Å². The van der Waals surface area contributed by atoms with E-state index >= 15 is 0 Å². The number of carbonyl (C=O) groups is 3. The Balaban J connectivity index is 0.000000211. The topological polar surface area (TPSA) is 226 Å². The summed E-state index contributed by atoms with van der Waals surface area (Å²) >= 11 is 0. The van der Waals surface area contributed by atoms with E-state index in [0.29, 0.717) is 89.8 Å². The van der Waals surface area contributed by atoms with Gasteiger partial charge in [-0.25, -0.2) is 0 Å². The van der Waals surface area contributed by atoms with E-state index in [1.807, 2.05) is 32.0 Å². The Morgan fingerprint density at radius 1 is 0.873 bits per heavy atom. The molecule has 15 nitrogen and oxygen atoms in total. The van der Waals surface area contributed by atoms with E-state index in [4.69, 9.17) is 35.7 Å². The number of ketones is 1. The van der Waals surface area contributed by atoms with Crippen molar-refractivity contribution < 1.29 is 33.3 Å². The number of nitrogens with two attached hydrogens (primary N) is 2. The third-order valence-electron chi connectivity index (χ3n) is 10.2. The van der Waals surface area contributed by atoms with E-state index in [9.17, 15) is 14.4 Å². The number of hydrogen-bond acceptors (Lipinski definition) is 13. The number of nitrogens with zero attached hydrogens (tertiary/aromatic N) is 3. The molecular formula is C40H50N8O7. The van der Waals surface area contributed by atoms with Gasteiger partial charge in [-0.05, 0) is 57.7 Å². The molecule has 3 atom stereocenters. The largest absolute Gasteiger partial charge is 0.493 e. The van der Waals surface area contributed by atoms with Gasteiger partial charge >= 0.3 is 0 Å². The van der Waals surface area contributed by atoms with Gasteiger partial charge in [0.05, 0.1) is 73.5 Å². The number of ether oxygens (including phenoxy) is 4. The molecule has 2 unspecified atom stereocenters. The fraction of sp³-hybridized carbons (Fsp3) is 0.450. The van der Waals surface area contributed by atoms with Crippen LogP contribution in [0.15, 0.2) is 36.7 Å². The molecule has 6 rings (SSSR count). The number of primary amides is 2. The molecule has 3 heterocycles. The van der Waals surface area contributed by atoms with Crippen LogP contribution in [0.4, 0.5) is 11.4 Å². The number of rotatable bonds is 14. The molecule has 2 fully saturated rings. The summed E-state index contributed by atoms with van der Waals surface area (Å²) in [5.74, 6) is 1.36. The Hall–Kier alpha value is -5.88. The molecule has 1 saturated carbocycles. The fourth-order valence-electron chi connectivity index (χ4n) is 7.22. The van der Waals surface area contributed by atoms with Gasteiger partial charge in [-0.15, -0.1) is 0 Å². The van der Waals surface area contributed by atoms with Gasteiger partial charge in [0.15, 0.2) is 28.8 Å². The monoisotopic (exact) mass is 754 g/mol.